The third kappa shape index (κ3) is 2.76. The first-order valence-electron chi connectivity index (χ1n) is 5.36. The Bertz CT molecular complexity index is 375. The highest BCUT2D eigenvalue weighted by Gasteiger charge is 2.20. The van der Waals surface area contributed by atoms with Gasteiger partial charge in [0.05, 0.1) is 4.92 Å². The van der Waals surface area contributed by atoms with E-state index in [0.29, 0.717) is 17.7 Å². The molecule has 88 valence electrons. The Morgan fingerprint density at radius 1 is 1.62 bits per heavy atom. The number of pyridine rings is 1. The topological polar surface area (TPSA) is 68.1 Å². The molecular formula is C11H17N3O2. The molecule has 5 heteroatoms. The van der Waals surface area contributed by atoms with Gasteiger partial charge in [0.2, 0.25) is 0 Å². The van der Waals surface area contributed by atoms with Crippen molar-refractivity contribution in [2.75, 3.05) is 7.05 Å². The summed E-state index contributed by atoms with van der Waals surface area (Å²) in [5.41, 5.74) is 1.38. The molecule has 0 saturated heterocycles. The van der Waals surface area contributed by atoms with Gasteiger partial charge in [0.15, 0.2) is 0 Å². The number of rotatable bonds is 5. The SMILES string of the molecule is CCC(Cc1nccc(C)c1[N+](=O)[O-])NC. The van der Waals surface area contributed by atoms with Crippen LogP contribution in [0, 0.1) is 17.0 Å². The van der Waals surface area contributed by atoms with Gasteiger partial charge in [-0.25, -0.2) is 0 Å². The molecule has 1 aromatic heterocycles. The first kappa shape index (κ1) is 12.6. The minimum atomic E-state index is -0.347. The Balaban J connectivity index is 3.03. The molecule has 1 atom stereocenters. The quantitative estimate of drug-likeness (QED) is 0.611. The van der Waals surface area contributed by atoms with Crippen molar-refractivity contribution in [1.82, 2.24) is 10.3 Å². The van der Waals surface area contributed by atoms with Crippen LogP contribution < -0.4 is 5.32 Å². The van der Waals surface area contributed by atoms with Crippen LogP contribution in [0.3, 0.4) is 0 Å². The van der Waals surface area contributed by atoms with E-state index >= 15 is 0 Å². The lowest BCUT2D eigenvalue weighted by Crippen LogP contribution is -2.27. The molecule has 5 nitrogen and oxygen atoms in total. The highest BCUT2D eigenvalue weighted by atomic mass is 16.6. The zero-order chi connectivity index (χ0) is 12.1. The maximum Gasteiger partial charge on any atom is 0.293 e. The summed E-state index contributed by atoms with van der Waals surface area (Å²) in [6.45, 7) is 3.78. The van der Waals surface area contributed by atoms with Gasteiger partial charge in [-0.15, -0.1) is 0 Å². The molecule has 0 radical (unpaired) electrons. The van der Waals surface area contributed by atoms with Crippen molar-refractivity contribution >= 4 is 5.69 Å². The summed E-state index contributed by atoms with van der Waals surface area (Å²) < 4.78 is 0. The Morgan fingerprint density at radius 3 is 2.81 bits per heavy atom. The van der Waals surface area contributed by atoms with E-state index in [2.05, 4.69) is 10.3 Å². The van der Waals surface area contributed by atoms with E-state index in [1.54, 1.807) is 19.2 Å². The zero-order valence-electron chi connectivity index (χ0n) is 9.86. The summed E-state index contributed by atoms with van der Waals surface area (Å²) in [6.07, 6.45) is 3.13. The number of aromatic nitrogens is 1. The standard InChI is InChI=1S/C11H17N3O2/c1-4-9(12-3)7-10-11(14(15)16)8(2)5-6-13-10/h5-6,9,12H,4,7H2,1-3H3. The van der Waals surface area contributed by atoms with Gasteiger partial charge in [-0.3, -0.25) is 15.1 Å². The lowest BCUT2D eigenvalue weighted by atomic mass is 10.1. The van der Waals surface area contributed by atoms with Crippen molar-refractivity contribution in [2.24, 2.45) is 0 Å². The largest absolute Gasteiger partial charge is 0.317 e. The molecule has 0 bridgehead atoms. The van der Waals surface area contributed by atoms with E-state index in [9.17, 15) is 10.1 Å². The van der Waals surface area contributed by atoms with E-state index in [4.69, 9.17) is 0 Å². The van der Waals surface area contributed by atoms with Crippen LogP contribution in [0.25, 0.3) is 0 Å². The Kier molecular flexibility index (Phi) is 4.37. The fourth-order valence-corrected chi connectivity index (χ4v) is 1.69. The zero-order valence-corrected chi connectivity index (χ0v) is 9.86. The predicted molar refractivity (Wildman–Crippen MR) is 62.5 cm³/mol. The second-order valence-electron chi connectivity index (χ2n) is 3.78. The number of nitrogens with zero attached hydrogens (tertiary/aromatic N) is 2. The summed E-state index contributed by atoms with van der Waals surface area (Å²) in [4.78, 5) is 14.7. The summed E-state index contributed by atoms with van der Waals surface area (Å²) in [7, 11) is 1.86. The molecule has 1 aromatic rings. The van der Waals surface area contributed by atoms with Crippen molar-refractivity contribution < 1.29 is 4.92 Å². The fourth-order valence-electron chi connectivity index (χ4n) is 1.69. The number of hydrogen-bond acceptors (Lipinski definition) is 4. The van der Waals surface area contributed by atoms with Gasteiger partial charge < -0.3 is 5.32 Å². The van der Waals surface area contributed by atoms with Gasteiger partial charge in [-0.2, -0.15) is 0 Å². The third-order valence-electron chi connectivity index (χ3n) is 2.73. The van der Waals surface area contributed by atoms with Crippen LogP contribution in [0.15, 0.2) is 12.3 Å². The van der Waals surface area contributed by atoms with Crippen LogP contribution in [0.4, 0.5) is 5.69 Å². The number of aryl methyl sites for hydroxylation is 1. The molecule has 0 aliphatic rings. The minimum Gasteiger partial charge on any atom is -0.317 e. The van der Waals surface area contributed by atoms with Crippen LogP contribution >= 0.6 is 0 Å². The average molecular weight is 223 g/mol. The van der Waals surface area contributed by atoms with Crippen molar-refractivity contribution in [2.45, 2.75) is 32.7 Å². The normalized spacial score (nSPS) is 12.4. The molecule has 0 spiro atoms. The first-order chi connectivity index (χ1) is 7.60. The lowest BCUT2D eigenvalue weighted by molar-refractivity contribution is -0.386. The smallest absolute Gasteiger partial charge is 0.293 e. The van der Waals surface area contributed by atoms with Gasteiger partial charge in [0.25, 0.3) is 5.69 Å². The van der Waals surface area contributed by atoms with Crippen LogP contribution in [0.1, 0.15) is 24.6 Å². The first-order valence-corrected chi connectivity index (χ1v) is 5.36. The molecular weight excluding hydrogens is 206 g/mol. The summed E-state index contributed by atoms with van der Waals surface area (Å²) in [5, 5.41) is 14.1. The second kappa shape index (κ2) is 5.55. The van der Waals surface area contributed by atoms with E-state index in [-0.39, 0.29) is 16.7 Å². The maximum atomic E-state index is 10.9. The van der Waals surface area contributed by atoms with Crippen molar-refractivity contribution in [3.63, 3.8) is 0 Å². The number of nitro groups is 1. The van der Waals surface area contributed by atoms with E-state index < -0.39 is 0 Å². The van der Waals surface area contributed by atoms with Crippen LogP contribution in [0.2, 0.25) is 0 Å². The molecule has 0 amide bonds. The van der Waals surface area contributed by atoms with E-state index in [1.807, 2.05) is 14.0 Å². The Labute approximate surface area is 95.0 Å². The van der Waals surface area contributed by atoms with Gasteiger partial charge in [-0.1, -0.05) is 6.92 Å². The summed E-state index contributed by atoms with van der Waals surface area (Å²) in [5.74, 6) is 0. The van der Waals surface area contributed by atoms with E-state index in [1.165, 1.54) is 0 Å². The van der Waals surface area contributed by atoms with Crippen molar-refractivity contribution in [3.8, 4) is 0 Å². The lowest BCUT2D eigenvalue weighted by Gasteiger charge is -2.13. The minimum absolute atomic E-state index is 0.149. The molecule has 0 fully saturated rings. The highest BCUT2D eigenvalue weighted by molar-refractivity contribution is 5.43. The third-order valence-corrected chi connectivity index (χ3v) is 2.73. The van der Waals surface area contributed by atoms with Crippen LogP contribution in [0.5, 0.6) is 0 Å². The van der Waals surface area contributed by atoms with Gasteiger partial charge >= 0.3 is 0 Å². The number of hydrogen-bond donors (Lipinski definition) is 1. The van der Waals surface area contributed by atoms with Crippen LogP contribution in [-0.2, 0) is 6.42 Å². The molecule has 1 rings (SSSR count). The average Bonchev–Trinajstić information content (AvgIpc) is 2.25. The predicted octanol–water partition coefficient (Wildman–Crippen LogP) is 1.84. The van der Waals surface area contributed by atoms with E-state index in [0.717, 1.165) is 6.42 Å². The summed E-state index contributed by atoms with van der Waals surface area (Å²) >= 11 is 0. The second-order valence-corrected chi connectivity index (χ2v) is 3.78. The molecule has 0 aliphatic heterocycles. The molecule has 0 aliphatic carbocycles. The number of nitrogens with one attached hydrogen (secondary N) is 1. The monoisotopic (exact) mass is 223 g/mol. The maximum absolute atomic E-state index is 10.9. The molecule has 1 unspecified atom stereocenters. The fraction of sp³-hybridized carbons (Fsp3) is 0.545. The summed E-state index contributed by atoms with van der Waals surface area (Å²) in [6, 6.07) is 1.90. The van der Waals surface area contributed by atoms with Gasteiger partial charge in [-0.05, 0) is 26.5 Å². The molecule has 1 N–H and O–H groups in total. The number of likely N-dealkylation sites (N-methyl/N-ethyl adjacent to an activating group) is 1. The molecule has 1 heterocycles. The molecule has 0 saturated carbocycles. The molecule has 16 heavy (non-hydrogen) atoms. The van der Waals surface area contributed by atoms with Crippen molar-refractivity contribution in [1.29, 1.82) is 0 Å². The Hall–Kier alpha value is -1.49. The van der Waals surface area contributed by atoms with Gasteiger partial charge in [0, 0.05) is 24.2 Å². The van der Waals surface area contributed by atoms with Crippen molar-refractivity contribution in [3.05, 3.63) is 33.6 Å². The van der Waals surface area contributed by atoms with Gasteiger partial charge in [0.1, 0.15) is 5.69 Å². The molecule has 0 aromatic carbocycles. The highest BCUT2D eigenvalue weighted by Crippen LogP contribution is 2.22. The van der Waals surface area contributed by atoms with Crippen LogP contribution in [-0.4, -0.2) is 23.0 Å². The Morgan fingerprint density at radius 2 is 2.31 bits per heavy atom.